The van der Waals surface area contributed by atoms with Gasteiger partial charge >= 0.3 is 5.97 Å². The third-order valence-corrected chi connectivity index (χ3v) is 2.57. The van der Waals surface area contributed by atoms with E-state index in [1.165, 1.54) is 13.0 Å². The van der Waals surface area contributed by atoms with Gasteiger partial charge in [-0.25, -0.2) is 0 Å². The van der Waals surface area contributed by atoms with Crippen molar-refractivity contribution in [3.63, 3.8) is 0 Å². The molecular formula is C14H17NO5. The van der Waals surface area contributed by atoms with Crippen molar-refractivity contribution >= 4 is 12.0 Å². The molecule has 0 aliphatic heterocycles. The molecule has 0 saturated carbocycles. The summed E-state index contributed by atoms with van der Waals surface area (Å²) in [6, 6.07) is 6.97. The van der Waals surface area contributed by atoms with Gasteiger partial charge in [0.15, 0.2) is 0 Å². The van der Waals surface area contributed by atoms with Crippen molar-refractivity contribution in [3.05, 3.63) is 45.6 Å². The molecule has 6 nitrogen and oxygen atoms in total. The number of ether oxygens (including phenoxy) is 2. The highest BCUT2D eigenvalue weighted by Gasteiger charge is 2.10. The van der Waals surface area contributed by atoms with Crippen molar-refractivity contribution < 1.29 is 19.2 Å². The Morgan fingerprint density at radius 3 is 2.50 bits per heavy atom. The quantitative estimate of drug-likeness (QED) is 0.332. The average molecular weight is 279 g/mol. The molecular weight excluding hydrogens is 262 g/mol. The number of methoxy groups -OCH3 is 1. The molecule has 1 aromatic rings. The van der Waals surface area contributed by atoms with Gasteiger partial charge in [0.05, 0.1) is 18.6 Å². The first-order valence-electron chi connectivity index (χ1n) is 6.15. The highest BCUT2D eigenvalue weighted by molar-refractivity contribution is 5.65. The number of nitrogens with zero attached hydrogens (tertiary/aromatic N) is 1. The predicted molar refractivity (Wildman–Crippen MR) is 73.8 cm³/mol. The number of carbonyl (C=O) groups excluding carboxylic acids is 1. The third kappa shape index (κ3) is 5.51. The fraction of sp³-hybridized carbons (Fsp3) is 0.357. The largest absolute Gasteiger partial charge is 0.497 e. The zero-order valence-electron chi connectivity index (χ0n) is 11.5. The molecule has 0 atom stereocenters. The van der Waals surface area contributed by atoms with Crippen LogP contribution in [0.1, 0.15) is 25.3 Å². The van der Waals surface area contributed by atoms with Crippen LogP contribution in [-0.2, 0) is 9.53 Å². The first-order valence-corrected chi connectivity index (χ1v) is 6.15. The molecule has 0 spiro atoms. The number of allylic oxidation sites excluding steroid dienone is 1. The highest BCUT2D eigenvalue weighted by Crippen LogP contribution is 2.16. The van der Waals surface area contributed by atoms with E-state index in [1.54, 1.807) is 31.4 Å². The van der Waals surface area contributed by atoms with Crippen LogP contribution < -0.4 is 4.74 Å². The summed E-state index contributed by atoms with van der Waals surface area (Å²) in [7, 11) is 1.56. The topological polar surface area (TPSA) is 78.7 Å². The Bertz CT molecular complexity index is 493. The lowest BCUT2D eigenvalue weighted by molar-refractivity contribution is -0.426. The molecule has 0 saturated heterocycles. The van der Waals surface area contributed by atoms with E-state index in [0.717, 1.165) is 5.56 Å². The van der Waals surface area contributed by atoms with E-state index in [1.807, 2.05) is 0 Å². The number of carbonyl (C=O) groups is 1. The van der Waals surface area contributed by atoms with Gasteiger partial charge in [0, 0.05) is 19.4 Å². The second-order valence-corrected chi connectivity index (χ2v) is 4.11. The molecule has 0 amide bonds. The minimum absolute atomic E-state index is 0.0855. The van der Waals surface area contributed by atoms with Gasteiger partial charge in [-0.2, -0.15) is 0 Å². The van der Waals surface area contributed by atoms with Crippen LogP contribution in [0.2, 0.25) is 0 Å². The lowest BCUT2D eigenvalue weighted by Gasteiger charge is -2.02. The molecule has 108 valence electrons. The summed E-state index contributed by atoms with van der Waals surface area (Å²) in [5, 5.41) is 11.0. The summed E-state index contributed by atoms with van der Waals surface area (Å²) in [6.07, 6.45) is 2.17. The van der Waals surface area contributed by atoms with E-state index in [9.17, 15) is 14.9 Å². The standard InChI is InChI=1S/C14H17NO5/c1-11(16)20-9-3-4-13(15(17)18)10-12-5-7-14(19-2)8-6-12/h5-8,10H,3-4,9H2,1-2H3/b13-10+. The molecule has 0 heterocycles. The van der Waals surface area contributed by atoms with Crippen molar-refractivity contribution in [1.29, 1.82) is 0 Å². The average Bonchev–Trinajstić information content (AvgIpc) is 2.42. The molecule has 0 N–H and O–H groups in total. The summed E-state index contributed by atoms with van der Waals surface area (Å²) in [5.41, 5.74) is 0.812. The van der Waals surface area contributed by atoms with Crippen LogP contribution in [0.4, 0.5) is 0 Å². The number of benzene rings is 1. The molecule has 0 aliphatic rings. The SMILES string of the molecule is COc1ccc(/C=C(\CCCOC(C)=O)[N+](=O)[O-])cc1. The Kier molecular flexibility index (Phi) is 6.22. The monoisotopic (exact) mass is 279 g/mol. The van der Waals surface area contributed by atoms with Crippen LogP contribution in [-0.4, -0.2) is 24.6 Å². The van der Waals surface area contributed by atoms with Crippen LogP contribution in [0.25, 0.3) is 6.08 Å². The number of hydrogen-bond donors (Lipinski definition) is 0. The van der Waals surface area contributed by atoms with Crippen LogP contribution in [0.3, 0.4) is 0 Å². The van der Waals surface area contributed by atoms with Gasteiger partial charge < -0.3 is 9.47 Å². The Balaban J connectivity index is 2.66. The van der Waals surface area contributed by atoms with Crippen LogP contribution >= 0.6 is 0 Å². The molecule has 0 bridgehead atoms. The molecule has 0 unspecified atom stereocenters. The summed E-state index contributed by atoms with van der Waals surface area (Å²) >= 11 is 0. The molecule has 0 aromatic heterocycles. The lowest BCUT2D eigenvalue weighted by atomic mass is 10.1. The second-order valence-electron chi connectivity index (χ2n) is 4.11. The van der Waals surface area contributed by atoms with E-state index in [4.69, 9.17) is 9.47 Å². The van der Waals surface area contributed by atoms with Gasteiger partial charge in [-0.1, -0.05) is 12.1 Å². The smallest absolute Gasteiger partial charge is 0.302 e. The predicted octanol–water partition coefficient (Wildman–Crippen LogP) is 2.66. The first kappa shape index (κ1) is 15.7. The molecule has 1 aromatic carbocycles. The van der Waals surface area contributed by atoms with Crippen molar-refractivity contribution in [1.82, 2.24) is 0 Å². The third-order valence-electron chi connectivity index (χ3n) is 2.57. The Labute approximate surface area is 117 Å². The van der Waals surface area contributed by atoms with E-state index in [2.05, 4.69) is 0 Å². The molecule has 20 heavy (non-hydrogen) atoms. The van der Waals surface area contributed by atoms with E-state index < -0.39 is 4.92 Å². The van der Waals surface area contributed by atoms with Crippen LogP contribution in [0.15, 0.2) is 30.0 Å². The van der Waals surface area contributed by atoms with E-state index in [0.29, 0.717) is 12.2 Å². The van der Waals surface area contributed by atoms with Gasteiger partial charge in [0.1, 0.15) is 5.75 Å². The second kappa shape index (κ2) is 7.93. The summed E-state index contributed by atoms with van der Waals surface area (Å²) in [5.74, 6) is 0.312. The molecule has 1 rings (SSSR count). The Hall–Kier alpha value is -2.37. The summed E-state index contributed by atoms with van der Waals surface area (Å²) in [6.45, 7) is 1.49. The van der Waals surface area contributed by atoms with Crippen molar-refractivity contribution in [2.75, 3.05) is 13.7 Å². The zero-order chi connectivity index (χ0) is 15.0. The van der Waals surface area contributed by atoms with Crippen molar-refractivity contribution in [3.8, 4) is 5.75 Å². The van der Waals surface area contributed by atoms with Crippen molar-refractivity contribution in [2.24, 2.45) is 0 Å². The molecule has 0 fully saturated rings. The fourth-order valence-electron chi connectivity index (χ4n) is 1.58. The number of rotatable bonds is 7. The van der Waals surface area contributed by atoms with E-state index in [-0.39, 0.29) is 24.7 Å². The Morgan fingerprint density at radius 1 is 1.35 bits per heavy atom. The normalized spacial score (nSPS) is 11.0. The number of nitro groups is 1. The first-order chi connectivity index (χ1) is 9.52. The number of hydrogen-bond acceptors (Lipinski definition) is 5. The maximum atomic E-state index is 11.0. The van der Waals surface area contributed by atoms with Crippen LogP contribution in [0, 0.1) is 10.1 Å². The number of esters is 1. The molecule has 0 radical (unpaired) electrons. The zero-order valence-corrected chi connectivity index (χ0v) is 11.5. The van der Waals surface area contributed by atoms with Gasteiger partial charge in [-0.15, -0.1) is 0 Å². The maximum Gasteiger partial charge on any atom is 0.302 e. The summed E-state index contributed by atoms with van der Waals surface area (Å²) in [4.78, 5) is 21.1. The molecule has 0 aliphatic carbocycles. The minimum Gasteiger partial charge on any atom is -0.497 e. The van der Waals surface area contributed by atoms with Gasteiger partial charge in [0.25, 0.3) is 0 Å². The Morgan fingerprint density at radius 2 is 2.00 bits per heavy atom. The van der Waals surface area contributed by atoms with Gasteiger partial charge in [-0.05, 0) is 24.1 Å². The van der Waals surface area contributed by atoms with E-state index >= 15 is 0 Å². The molecule has 6 heteroatoms. The maximum absolute atomic E-state index is 11.0. The highest BCUT2D eigenvalue weighted by atomic mass is 16.6. The van der Waals surface area contributed by atoms with Gasteiger partial charge in [0.2, 0.25) is 5.70 Å². The van der Waals surface area contributed by atoms with Crippen LogP contribution in [0.5, 0.6) is 5.75 Å². The van der Waals surface area contributed by atoms with Crippen molar-refractivity contribution in [2.45, 2.75) is 19.8 Å². The minimum atomic E-state index is -0.419. The lowest BCUT2D eigenvalue weighted by Crippen LogP contribution is -2.04. The van der Waals surface area contributed by atoms with Gasteiger partial charge in [-0.3, -0.25) is 14.9 Å². The summed E-state index contributed by atoms with van der Waals surface area (Å²) < 4.78 is 9.77. The fourth-order valence-corrected chi connectivity index (χ4v) is 1.58.